The molecule has 0 radical (unpaired) electrons. The van der Waals surface area contributed by atoms with Crippen LogP contribution in [0.25, 0.3) is 0 Å². The van der Waals surface area contributed by atoms with Crippen LogP contribution in [0.3, 0.4) is 0 Å². The Kier molecular flexibility index (Phi) is 4.41. The van der Waals surface area contributed by atoms with Gasteiger partial charge in [-0.25, -0.2) is 8.78 Å². The Labute approximate surface area is 123 Å². The molecule has 1 aromatic carbocycles. The van der Waals surface area contributed by atoms with Gasteiger partial charge in [-0.05, 0) is 24.3 Å². The third-order valence-corrected chi connectivity index (χ3v) is 4.54. The molecule has 0 bridgehead atoms. The van der Waals surface area contributed by atoms with E-state index in [9.17, 15) is 18.8 Å². The van der Waals surface area contributed by atoms with Gasteiger partial charge in [0.05, 0.1) is 6.07 Å². The summed E-state index contributed by atoms with van der Waals surface area (Å²) in [6.07, 6.45) is 3.67. The van der Waals surface area contributed by atoms with Crippen molar-refractivity contribution in [3.05, 3.63) is 35.4 Å². The number of carbonyl (C=O) groups excluding carboxylic acids is 1. The molecule has 0 amide bonds. The van der Waals surface area contributed by atoms with Gasteiger partial charge in [-0.2, -0.15) is 5.26 Å². The van der Waals surface area contributed by atoms with Crippen molar-refractivity contribution in [1.82, 2.24) is 0 Å². The molecular weight excluding hydrogens is 272 g/mol. The van der Waals surface area contributed by atoms with Gasteiger partial charge in [0.15, 0.2) is 5.78 Å². The average molecular weight is 291 g/mol. The molecule has 2 nitrogen and oxygen atoms in total. The van der Waals surface area contributed by atoms with Gasteiger partial charge in [-0.3, -0.25) is 4.79 Å². The van der Waals surface area contributed by atoms with Gasteiger partial charge in [0.1, 0.15) is 17.6 Å². The zero-order chi connectivity index (χ0) is 15.6. The van der Waals surface area contributed by atoms with Gasteiger partial charge in [-0.1, -0.05) is 32.8 Å². The number of hydrogen-bond donors (Lipinski definition) is 0. The Morgan fingerprint density at radius 2 is 2.10 bits per heavy atom. The first-order chi connectivity index (χ1) is 9.86. The zero-order valence-corrected chi connectivity index (χ0v) is 12.3. The molecular formula is C17H19F2NO. The lowest BCUT2D eigenvalue weighted by molar-refractivity contribution is -0.128. The maximum Gasteiger partial charge on any atom is 0.158 e. The molecule has 0 aromatic heterocycles. The molecule has 1 fully saturated rings. The molecule has 1 aromatic rings. The van der Waals surface area contributed by atoms with E-state index in [0.29, 0.717) is 0 Å². The zero-order valence-electron chi connectivity index (χ0n) is 12.3. The monoisotopic (exact) mass is 291 g/mol. The first kappa shape index (κ1) is 15.6. The molecule has 2 rings (SSSR count). The fourth-order valence-corrected chi connectivity index (χ4v) is 3.24. The summed E-state index contributed by atoms with van der Waals surface area (Å²) >= 11 is 0. The fraction of sp³-hybridized carbons (Fsp3) is 0.529. The summed E-state index contributed by atoms with van der Waals surface area (Å²) in [6, 6.07) is 4.91. The number of rotatable bonds is 3. The summed E-state index contributed by atoms with van der Waals surface area (Å²) < 4.78 is 26.9. The highest BCUT2D eigenvalue weighted by atomic mass is 19.1. The number of nitrogens with zero attached hydrogens (tertiary/aromatic N) is 1. The Hall–Kier alpha value is -1.76. The Morgan fingerprint density at radius 1 is 1.38 bits per heavy atom. The predicted octanol–water partition coefficient (Wildman–Crippen LogP) is 4.36. The van der Waals surface area contributed by atoms with E-state index in [0.717, 1.165) is 37.8 Å². The minimum absolute atomic E-state index is 0.0229. The minimum atomic E-state index is -1.16. The molecule has 1 saturated carbocycles. The first-order valence-corrected chi connectivity index (χ1v) is 7.25. The highest BCUT2D eigenvalue weighted by Crippen LogP contribution is 2.43. The molecule has 1 aliphatic rings. The number of nitriles is 1. The Morgan fingerprint density at radius 3 is 2.67 bits per heavy atom. The topological polar surface area (TPSA) is 40.9 Å². The van der Waals surface area contributed by atoms with Crippen molar-refractivity contribution in [1.29, 1.82) is 5.26 Å². The second-order valence-corrected chi connectivity index (χ2v) is 6.42. The number of benzene rings is 1. The molecule has 2 unspecified atom stereocenters. The summed E-state index contributed by atoms with van der Waals surface area (Å²) in [6.45, 7) is 4.04. The van der Waals surface area contributed by atoms with E-state index in [1.807, 2.05) is 19.9 Å². The van der Waals surface area contributed by atoms with E-state index >= 15 is 0 Å². The van der Waals surface area contributed by atoms with Gasteiger partial charge >= 0.3 is 0 Å². The maximum atomic E-state index is 13.9. The van der Waals surface area contributed by atoms with Gasteiger partial charge < -0.3 is 0 Å². The minimum Gasteiger partial charge on any atom is -0.298 e. The van der Waals surface area contributed by atoms with Crippen LogP contribution in [0.15, 0.2) is 18.2 Å². The van der Waals surface area contributed by atoms with Gasteiger partial charge in [0.2, 0.25) is 0 Å². The van der Waals surface area contributed by atoms with Gasteiger partial charge in [-0.15, -0.1) is 0 Å². The molecule has 2 atom stereocenters. The molecule has 0 N–H and O–H groups in total. The summed E-state index contributed by atoms with van der Waals surface area (Å²) in [5.41, 5.74) is -0.203. The smallest absolute Gasteiger partial charge is 0.158 e. The van der Waals surface area contributed by atoms with Crippen LogP contribution in [0.2, 0.25) is 0 Å². The van der Waals surface area contributed by atoms with E-state index in [-0.39, 0.29) is 22.7 Å². The largest absolute Gasteiger partial charge is 0.298 e. The third-order valence-electron chi connectivity index (χ3n) is 4.54. The standard InChI is InChI=1S/C17H19F2NO/c1-17(2)8-4-3-5-14(17)16(21)13(10-20)12-7-6-11(18)9-15(12)19/h6-7,9,13-14H,3-5,8H2,1-2H3. The number of hydrogen-bond acceptors (Lipinski definition) is 2. The van der Waals surface area contributed by atoms with Crippen LogP contribution in [-0.2, 0) is 4.79 Å². The second-order valence-electron chi connectivity index (χ2n) is 6.42. The predicted molar refractivity (Wildman–Crippen MR) is 75.5 cm³/mol. The molecule has 0 heterocycles. The van der Waals surface area contributed by atoms with Crippen molar-refractivity contribution in [3.8, 4) is 6.07 Å². The highest BCUT2D eigenvalue weighted by molar-refractivity contribution is 5.91. The van der Waals surface area contributed by atoms with Crippen LogP contribution < -0.4 is 0 Å². The molecule has 21 heavy (non-hydrogen) atoms. The third kappa shape index (κ3) is 3.12. The summed E-state index contributed by atoms with van der Waals surface area (Å²) in [5.74, 6) is -3.19. The number of ketones is 1. The highest BCUT2D eigenvalue weighted by Gasteiger charge is 2.40. The van der Waals surface area contributed by atoms with Crippen LogP contribution in [0.5, 0.6) is 0 Å². The van der Waals surface area contributed by atoms with Gasteiger partial charge in [0, 0.05) is 17.5 Å². The SMILES string of the molecule is CC1(C)CCCCC1C(=O)C(C#N)c1ccc(F)cc1F. The van der Waals surface area contributed by atoms with Crippen molar-refractivity contribution >= 4 is 5.78 Å². The lowest BCUT2D eigenvalue weighted by atomic mass is 9.65. The van der Waals surface area contributed by atoms with Crippen LogP contribution in [0.1, 0.15) is 51.0 Å². The average Bonchev–Trinajstić information content (AvgIpc) is 2.41. The van der Waals surface area contributed by atoms with E-state index in [2.05, 4.69) is 0 Å². The quantitative estimate of drug-likeness (QED) is 0.830. The van der Waals surface area contributed by atoms with Crippen LogP contribution in [-0.4, -0.2) is 5.78 Å². The van der Waals surface area contributed by atoms with Gasteiger partial charge in [0.25, 0.3) is 0 Å². The molecule has 0 spiro atoms. The molecule has 1 aliphatic carbocycles. The van der Waals surface area contributed by atoms with Crippen molar-refractivity contribution in [2.24, 2.45) is 11.3 Å². The number of Topliss-reactive ketones (excluding diaryl/α,β-unsaturated/α-hetero) is 1. The van der Waals surface area contributed by atoms with Crippen molar-refractivity contribution in [2.45, 2.75) is 45.4 Å². The van der Waals surface area contributed by atoms with Crippen molar-refractivity contribution in [2.75, 3.05) is 0 Å². The van der Waals surface area contributed by atoms with E-state index in [1.165, 1.54) is 6.07 Å². The van der Waals surface area contributed by atoms with Crippen LogP contribution in [0.4, 0.5) is 8.78 Å². The Bertz CT molecular complexity index is 589. The number of halogens is 2. The van der Waals surface area contributed by atoms with Crippen molar-refractivity contribution < 1.29 is 13.6 Å². The van der Waals surface area contributed by atoms with E-state index in [1.54, 1.807) is 0 Å². The van der Waals surface area contributed by atoms with Crippen LogP contribution in [0, 0.1) is 34.3 Å². The fourth-order valence-electron chi connectivity index (χ4n) is 3.24. The molecule has 112 valence electrons. The second kappa shape index (κ2) is 5.93. The summed E-state index contributed by atoms with van der Waals surface area (Å²) in [5, 5.41) is 9.31. The molecule has 0 aliphatic heterocycles. The molecule has 4 heteroatoms. The summed E-state index contributed by atoms with van der Waals surface area (Å²) in [7, 11) is 0. The first-order valence-electron chi connectivity index (χ1n) is 7.25. The maximum absolute atomic E-state index is 13.9. The van der Waals surface area contributed by atoms with Crippen LogP contribution >= 0.6 is 0 Å². The number of carbonyl (C=O) groups is 1. The normalized spacial score (nSPS) is 22.3. The van der Waals surface area contributed by atoms with E-state index in [4.69, 9.17) is 0 Å². The lowest BCUT2D eigenvalue weighted by Gasteiger charge is -2.38. The lowest BCUT2D eigenvalue weighted by Crippen LogP contribution is -2.36. The summed E-state index contributed by atoms with van der Waals surface area (Å²) in [4.78, 5) is 12.7. The molecule has 0 saturated heterocycles. The van der Waals surface area contributed by atoms with Crippen molar-refractivity contribution in [3.63, 3.8) is 0 Å². The van der Waals surface area contributed by atoms with E-state index < -0.39 is 17.6 Å². The Balaban J connectivity index is 2.33.